The number of hydrogen-bond acceptors (Lipinski definition) is 5. The van der Waals surface area contributed by atoms with Gasteiger partial charge in [0.05, 0.1) is 43.3 Å². The van der Waals surface area contributed by atoms with Gasteiger partial charge in [-0.25, -0.2) is 0 Å². The van der Waals surface area contributed by atoms with Crippen LogP contribution in [-0.2, 0) is 11.3 Å². The third-order valence-electron chi connectivity index (χ3n) is 4.62. The molecule has 3 atom stereocenters. The molecular formula is C17H19ClN2O3. The molecular weight excluding hydrogens is 316 g/mol. The Kier molecular flexibility index (Phi) is 4.25. The van der Waals surface area contributed by atoms with E-state index in [0.717, 1.165) is 32.0 Å². The van der Waals surface area contributed by atoms with E-state index in [1.807, 2.05) is 12.1 Å². The van der Waals surface area contributed by atoms with E-state index in [9.17, 15) is 0 Å². The molecule has 122 valence electrons. The van der Waals surface area contributed by atoms with E-state index < -0.39 is 0 Å². The van der Waals surface area contributed by atoms with Gasteiger partial charge in [0.2, 0.25) is 0 Å². The Morgan fingerprint density at radius 1 is 1.35 bits per heavy atom. The largest absolute Gasteiger partial charge is 0.492 e. The van der Waals surface area contributed by atoms with Crippen molar-refractivity contribution in [1.82, 2.24) is 9.88 Å². The van der Waals surface area contributed by atoms with E-state index in [0.29, 0.717) is 35.3 Å². The van der Waals surface area contributed by atoms with Crippen molar-refractivity contribution in [2.45, 2.75) is 12.6 Å². The number of rotatable bonds is 5. The van der Waals surface area contributed by atoms with Crippen LogP contribution in [0.2, 0.25) is 5.02 Å². The van der Waals surface area contributed by atoms with E-state index in [-0.39, 0.29) is 0 Å². The summed E-state index contributed by atoms with van der Waals surface area (Å²) in [6.07, 6.45) is 5.32. The topological polar surface area (TPSA) is 47.7 Å². The molecule has 6 heteroatoms. The van der Waals surface area contributed by atoms with Crippen molar-refractivity contribution >= 4 is 11.6 Å². The van der Waals surface area contributed by atoms with Crippen LogP contribution in [0.5, 0.6) is 5.75 Å². The number of fused-ring (bicyclic) bond motifs is 1. The zero-order chi connectivity index (χ0) is 15.6. The Hall–Kier alpha value is -1.56. The van der Waals surface area contributed by atoms with Crippen molar-refractivity contribution in [3.8, 4) is 5.75 Å². The number of likely N-dealkylation sites (tertiary alicyclic amines) is 1. The maximum Gasteiger partial charge on any atom is 0.139 e. The Balaban J connectivity index is 1.33. The maximum atomic E-state index is 5.96. The number of ether oxygens (including phenoxy) is 2. The summed E-state index contributed by atoms with van der Waals surface area (Å²) < 4.78 is 17.2. The smallest absolute Gasteiger partial charge is 0.139 e. The SMILES string of the molecule is Clc1cncc(OC[C@@H]2CO[C@H]3CN(Cc4ccco4)C[C@@H]23)c1. The van der Waals surface area contributed by atoms with Gasteiger partial charge in [0.15, 0.2) is 0 Å². The van der Waals surface area contributed by atoms with Crippen molar-refractivity contribution in [3.63, 3.8) is 0 Å². The zero-order valence-electron chi connectivity index (χ0n) is 12.7. The fraction of sp³-hybridized carbons (Fsp3) is 0.471. The van der Waals surface area contributed by atoms with Crippen molar-refractivity contribution in [2.24, 2.45) is 11.8 Å². The monoisotopic (exact) mass is 334 g/mol. The molecule has 2 aliphatic heterocycles. The molecule has 0 aromatic carbocycles. The molecule has 0 saturated carbocycles. The molecule has 2 aromatic heterocycles. The van der Waals surface area contributed by atoms with Crippen LogP contribution in [0.15, 0.2) is 41.3 Å². The molecule has 2 saturated heterocycles. The lowest BCUT2D eigenvalue weighted by Gasteiger charge is -2.19. The number of hydrogen-bond donors (Lipinski definition) is 0. The third-order valence-corrected chi connectivity index (χ3v) is 4.82. The quantitative estimate of drug-likeness (QED) is 0.841. The third kappa shape index (κ3) is 3.37. The van der Waals surface area contributed by atoms with E-state index in [2.05, 4.69) is 9.88 Å². The summed E-state index contributed by atoms with van der Waals surface area (Å²) >= 11 is 5.93. The summed E-state index contributed by atoms with van der Waals surface area (Å²) in [5.41, 5.74) is 0. The second-order valence-electron chi connectivity index (χ2n) is 6.22. The van der Waals surface area contributed by atoms with Crippen LogP contribution in [0.1, 0.15) is 5.76 Å². The molecule has 4 heterocycles. The Labute approximate surface area is 140 Å². The number of nitrogens with zero attached hydrogens (tertiary/aromatic N) is 2. The molecule has 2 aromatic rings. The van der Waals surface area contributed by atoms with Gasteiger partial charge in [-0.3, -0.25) is 9.88 Å². The van der Waals surface area contributed by atoms with Crippen LogP contribution in [0.4, 0.5) is 0 Å². The highest BCUT2D eigenvalue weighted by atomic mass is 35.5. The fourth-order valence-corrected chi connectivity index (χ4v) is 3.64. The van der Waals surface area contributed by atoms with Crippen LogP contribution in [0.25, 0.3) is 0 Å². The molecule has 0 amide bonds. The molecule has 2 aliphatic rings. The first kappa shape index (κ1) is 15.0. The lowest BCUT2D eigenvalue weighted by molar-refractivity contribution is 0.0885. The summed E-state index contributed by atoms with van der Waals surface area (Å²) in [6, 6.07) is 5.74. The minimum atomic E-state index is 0.302. The van der Waals surface area contributed by atoms with Gasteiger partial charge >= 0.3 is 0 Å². The lowest BCUT2D eigenvalue weighted by Crippen LogP contribution is -2.26. The minimum absolute atomic E-state index is 0.302. The minimum Gasteiger partial charge on any atom is -0.492 e. The van der Waals surface area contributed by atoms with Gasteiger partial charge in [-0.15, -0.1) is 0 Å². The Morgan fingerprint density at radius 3 is 3.13 bits per heavy atom. The lowest BCUT2D eigenvalue weighted by atomic mass is 9.94. The Bertz CT molecular complexity index is 649. The molecule has 0 spiro atoms. The average molecular weight is 335 g/mol. The first-order valence-corrected chi connectivity index (χ1v) is 8.25. The van der Waals surface area contributed by atoms with E-state index in [1.165, 1.54) is 0 Å². The van der Waals surface area contributed by atoms with Gasteiger partial charge in [0.1, 0.15) is 11.5 Å². The summed E-state index contributed by atoms with van der Waals surface area (Å²) in [5, 5.41) is 0.591. The van der Waals surface area contributed by atoms with Crippen molar-refractivity contribution in [1.29, 1.82) is 0 Å². The molecule has 0 N–H and O–H groups in total. The van der Waals surface area contributed by atoms with Gasteiger partial charge in [0.25, 0.3) is 0 Å². The van der Waals surface area contributed by atoms with E-state index in [4.69, 9.17) is 25.5 Å². The molecule has 0 aliphatic carbocycles. The number of furan rings is 1. The highest BCUT2D eigenvalue weighted by Gasteiger charge is 2.44. The summed E-state index contributed by atoms with van der Waals surface area (Å²) in [4.78, 5) is 6.43. The second-order valence-corrected chi connectivity index (χ2v) is 6.66. The van der Waals surface area contributed by atoms with Crippen LogP contribution >= 0.6 is 11.6 Å². The highest BCUT2D eigenvalue weighted by Crippen LogP contribution is 2.34. The number of halogens is 1. The number of pyridine rings is 1. The van der Waals surface area contributed by atoms with Gasteiger partial charge in [-0.1, -0.05) is 11.6 Å². The molecule has 2 fully saturated rings. The fourth-order valence-electron chi connectivity index (χ4n) is 3.48. The van der Waals surface area contributed by atoms with Gasteiger partial charge in [0, 0.05) is 37.2 Å². The first-order chi connectivity index (χ1) is 11.3. The van der Waals surface area contributed by atoms with Gasteiger partial charge < -0.3 is 13.9 Å². The standard InChI is InChI=1S/C17H19ClN2O3/c18-13-4-15(6-19-5-13)22-10-12-11-23-17-9-20(8-16(12)17)7-14-2-1-3-21-14/h1-6,12,16-17H,7-11H2/t12-,16+,17+/m1/s1. The predicted molar refractivity (Wildman–Crippen MR) is 85.4 cm³/mol. The van der Waals surface area contributed by atoms with Crippen molar-refractivity contribution in [2.75, 3.05) is 26.3 Å². The molecule has 0 bridgehead atoms. The molecule has 4 rings (SSSR count). The zero-order valence-corrected chi connectivity index (χ0v) is 13.5. The number of aromatic nitrogens is 1. The predicted octanol–water partition coefficient (Wildman–Crippen LogP) is 2.85. The van der Waals surface area contributed by atoms with E-state index >= 15 is 0 Å². The van der Waals surface area contributed by atoms with Crippen LogP contribution < -0.4 is 4.74 Å². The average Bonchev–Trinajstić information content (AvgIpc) is 3.24. The summed E-state index contributed by atoms with van der Waals surface area (Å²) in [7, 11) is 0. The molecule has 23 heavy (non-hydrogen) atoms. The molecule has 0 unspecified atom stereocenters. The van der Waals surface area contributed by atoms with Crippen LogP contribution in [-0.4, -0.2) is 42.3 Å². The van der Waals surface area contributed by atoms with Crippen molar-refractivity contribution in [3.05, 3.63) is 47.6 Å². The summed E-state index contributed by atoms with van der Waals surface area (Å²) in [5.74, 6) is 2.63. The van der Waals surface area contributed by atoms with Crippen LogP contribution in [0.3, 0.4) is 0 Å². The van der Waals surface area contributed by atoms with Gasteiger partial charge in [-0.2, -0.15) is 0 Å². The van der Waals surface area contributed by atoms with E-state index in [1.54, 1.807) is 24.7 Å². The van der Waals surface area contributed by atoms with Gasteiger partial charge in [-0.05, 0) is 12.1 Å². The molecule has 5 nitrogen and oxygen atoms in total. The summed E-state index contributed by atoms with van der Waals surface area (Å²) in [6.45, 7) is 4.22. The first-order valence-electron chi connectivity index (χ1n) is 7.87. The highest BCUT2D eigenvalue weighted by molar-refractivity contribution is 6.30. The normalized spacial score (nSPS) is 27.3. The van der Waals surface area contributed by atoms with Crippen molar-refractivity contribution < 1.29 is 13.9 Å². The maximum absolute atomic E-state index is 5.96. The second kappa shape index (κ2) is 6.51. The van der Waals surface area contributed by atoms with Crippen LogP contribution in [0, 0.1) is 11.8 Å². The molecule has 0 radical (unpaired) electrons. The Morgan fingerprint density at radius 2 is 2.30 bits per heavy atom.